The van der Waals surface area contributed by atoms with Gasteiger partial charge in [0.2, 0.25) is 0 Å². The third-order valence-electron chi connectivity index (χ3n) is 2.43. The normalized spacial score (nSPS) is 12.5. The standard InChI is InChI=1S/C12H11Cl2NOS/c1-16-8-5-11(17-6-8)12(15)9-4-7(13)2-3-10(9)14/h2-6,12H,15H2,1H3. The quantitative estimate of drug-likeness (QED) is 0.922. The average Bonchev–Trinajstić information content (AvgIpc) is 2.80. The van der Waals surface area contributed by atoms with E-state index in [1.807, 2.05) is 11.4 Å². The summed E-state index contributed by atoms with van der Waals surface area (Å²) in [6.07, 6.45) is 0. The first-order chi connectivity index (χ1) is 8.11. The van der Waals surface area contributed by atoms with E-state index in [0.717, 1.165) is 16.2 Å². The van der Waals surface area contributed by atoms with Crippen molar-refractivity contribution in [2.75, 3.05) is 7.11 Å². The summed E-state index contributed by atoms with van der Waals surface area (Å²) in [5.74, 6) is 0.804. The van der Waals surface area contributed by atoms with Gasteiger partial charge in [0.25, 0.3) is 0 Å². The van der Waals surface area contributed by atoms with Crippen LogP contribution in [-0.2, 0) is 0 Å². The number of benzene rings is 1. The average molecular weight is 288 g/mol. The Bertz CT molecular complexity index is 527. The molecule has 2 N–H and O–H groups in total. The Morgan fingerprint density at radius 2 is 2.06 bits per heavy atom. The second-order valence-corrected chi connectivity index (χ2v) is 5.32. The first-order valence-corrected chi connectivity index (χ1v) is 6.58. The second-order valence-electron chi connectivity index (χ2n) is 3.53. The maximum atomic E-state index is 6.17. The number of thiophene rings is 1. The van der Waals surface area contributed by atoms with Crippen LogP contribution in [-0.4, -0.2) is 7.11 Å². The predicted octanol–water partition coefficient (Wildman–Crippen LogP) is 4.11. The summed E-state index contributed by atoms with van der Waals surface area (Å²) in [7, 11) is 1.63. The topological polar surface area (TPSA) is 35.2 Å². The van der Waals surface area contributed by atoms with Gasteiger partial charge in [-0.25, -0.2) is 0 Å². The fourth-order valence-electron chi connectivity index (χ4n) is 1.51. The van der Waals surface area contributed by atoms with E-state index in [1.54, 1.807) is 25.3 Å². The highest BCUT2D eigenvalue weighted by atomic mass is 35.5. The molecule has 0 aliphatic carbocycles. The van der Waals surface area contributed by atoms with Crippen molar-refractivity contribution in [2.45, 2.75) is 6.04 Å². The predicted molar refractivity (Wildman–Crippen MR) is 73.4 cm³/mol. The van der Waals surface area contributed by atoms with E-state index in [1.165, 1.54) is 11.3 Å². The molecular weight excluding hydrogens is 277 g/mol. The zero-order chi connectivity index (χ0) is 12.4. The van der Waals surface area contributed by atoms with Gasteiger partial charge in [0.1, 0.15) is 5.75 Å². The molecule has 2 rings (SSSR count). The molecule has 5 heteroatoms. The molecule has 0 bridgehead atoms. The van der Waals surface area contributed by atoms with Crippen LogP contribution in [0.15, 0.2) is 29.6 Å². The van der Waals surface area contributed by atoms with Gasteiger partial charge in [-0.15, -0.1) is 11.3 Å². The summed E-state index contributed by atoms with van der Waals surface area (Å²) in [5.41, 5.74) is 6.99. The van der Waals surface area contributed by atoms with Crippen LogP contribution in [0.5, 0.6) is 5.75 Å². The fraction of sp³-hybridized carbons (Fsp3) is 0.167. The molecule has 1 atom stereocenters. The van der Waals surface area contributed by atoms with Gasteiger partial charge < -0.3 is 10.5 Å². The van der Waals surface area contributed by atoms with Gasteiger partial charge in [-0.1, -0.05) is 23.2 Å². The molecule has 2 nitrogen and oxygen atoms in total. The van der Waals surface area contributed by atoms with E-state index in [9.17, 15) is 0 Å². The number of nitrogens with two attached hydrogens (primary N) is 1. The Labute approximate surface area is 114 Å². The van der Waals surface area contributed by atoms with E-state index in [0.29, 0.717) is 10.0 Å². The fourth-order valence-corrected chi connectivity index (χ4v) is 2.80. The number of hydrogen-bond acceptors (Lipinski definition) is 3. The molecule has 0 aliphatic rings. The highest BCUT2D eigenvalue weighted by Crippen LogP contribution is 2.33. The highest BCUT2D eigenvalue weighted by molar-refractivity contribution is 7.10. The zero-order valence-corrected chi connectivity index (χ0v) is 11.4. The summed E-state index contributed by atoms with van der Waals surface area (Å²) in [6, 6.07) is 6.92. The van der Waals surface area contributed by atoms with E-state index in [2.05, 4.69) is 0 Å². The van der Waals surface area contributed by atoms with Crippen molar-refractivity contribution < 1.29 is 4.74 Å². The highest BCUT2D eigenvalue weighted by Gasteiger charge is 2.15. The summed E-state index contributed by atoms with van der Waals surface area (Å²) in [5, 5.41) is 3.16. The number of rotatable bonds is 3. The summed E-state index contributed by atoms with van der Waals surface area (Å²) in [6.45, 7) is 0. The number of methoxy groups -OCH3 is 1. The van der Waals surface area contributed by atoms with Gasteiger partial charge in [0, 0.05) is 20.3 Å². The van der Waals surface area contributed by atoms with Crippen molar-refractivity contribution in [3.8, 4) is 5.75 Å². The third kappa shape index (κ3) is 2.75. The Kier molecular flexibility index (Phi) is 3.94. The molecule has 1 aromatic carbocycles. The zero-order valence-electron chi connectivity index (χ0n) is 9.11. The molecule has 0 aliphatic heterocycles. The van der Waals surface area contributed by atoms with Crippen LogP contribution in [0.25, 0.3) is 0 Å². The molecule has 2 aromatic rings. The van der Waals surface area contributed by atoms with Crippen LogP contribution in [0, 0.1) is 0 Å². The Balaban J connectivity index is 2.35. The lowest BCUT2D eigenvalue weighted by atomic mass is 10.1. The maximum absolute atomic E-state index is 6.17. The van der Waals surface area contributed by atoms with Crippen LogP contribution in [0.2, 0.25) is 10.0 Å². The molecule has 1 heterocycles. The van der Waals surface area contributed by atoms with Gasteiger partial charge >= 0.3 is 0 Å². The van der Waals surface area contributed by atoms with Crippen molar-refractivity contribution in [3.05, 3.63) is 50.1 Å². The molecular formula is C12H11Cl2NOS. The maximum Gasteiger partial charge on any atom is 0.129 e. The molecule has 0 fully saturated rings. The first-order valence-electron chi connectivity index (χ1n) is 4.94. The minimum Gasteiger partial charge on any atom is -0.496 e. The van der Waals surface area contributed by atoms with Crippen molar-refractivity contribution >= 4 is 34.5 Å². The van der Waals surface area contributed by atoms with Gasteiger partial charge in [-0.2, -0.15) is 0 Å². The third-order valence-corrected chi connectivity index (χ3v) is 4.00. The van der Waals surface area contributed by atoms with Crippen LogP contribution in [0.3, 0.4) is 0 Å². The monoisotopic (exact) mass is 287 g/mol. The van der Waals surface area contributed by atoms with E-state index < -0.39 is 0 Å². The van der Waals surface area contributed by atoms with Gasteiger partial charge in [-0.3, -0.25) is 0 Å². The molecule has 1 aromatic heterocycles. The van der Waals surface area contributed by atoms with Gasteiger partial charge in [0.15, 0.2) is 0 Å². The van der Waals surface area contributed by atoms with Crippen molar-refractivity contribution in [2.24, 2.45) is 5.73 Å². The minimum atomic E-state index is -0.282. The largest absolute Gasteiger partial charge is 0.496 e. The molecule has 90 valence electrons. The molecule has 1 unspecified atom stereocenters. The van der Waals surface area contributed by atoms with Crippen LogP contribution >= 0.6 is 34.5 Å². The van der Waals surface area contributed by atoms with Crippen molar-refractivity contribution in [1.29, 1.82) is 0 Å². The summed E-state index contributed by atoms with van der Waals surface area (Å²) in [4.78, 5) is 0.992. The minimum absolute atomic E-state index is 0.282. The van der Waals surface area contributed by atoms with Crippen molar-refractivity contribution in [3.63, 3.8) is 0 Å². The molecule has 17 heavy (non-hydrogen) atoms. The molecule has 0 spiro atoms. The molecule has 0 saturated heterocycles. The van der Waals surface area contributed by atoms with Crippen molar-refractivity contribution in [1.82, 2.24) is 0 Å². The van der Waals surface area contributed by atoms with Gasteiger partial charge in [0.05, 0.1) is 13.2 Å². The molecule has 0 amide bonds. The van der Waals surface area contributed by atoms with Gasteiger partial charge in [-0.05, 0) is 29.8 Å². The van der Waals surface area contributed by atoms with Crippen LogP contribution < -0.4 is 10.5 Å². The smallest absolute Gasteiger partial charge is 0.129 e. The summed E-state index contributed by atoms with van der Waals surface area (Å²) >= 11 is 13.6. The number of ether oxygens (including phenoxy) is 1. The van der Waals surface area contributed by atoms with Crippen LogP contribution in [0.1, 0.15) is 16.5 Å². The Hall–Kier alpha value is -0.740. The van der Waals surface area contributed by atoms with Crippen LogP contribution in [0.4, 0.5) is 0 Å². The SMILES string of the molecule is COc1csc(C(N)c2cc(Cl)ccc2Cl)c1. The number of hydrogen-bond donors (Lipinski definition) is 1. The van der Waals surface area contributed by atoms with E-state index in [-0.39, 0.29) is 6.04 Å². The van der Waals surface area contributed by atoms with E-state index in [4.69, 9.17) is 33.7 Å². The molecule has 0 radical (unpaired) electrons. The summed E-state index contributed by atoms with van der Waals surface area (Å²) < 4.78 is 5.13. The lowest BCUT2D eigenvalue weighted by Crippen LogP contribution is -2.10. The molecule has 0 saturated carbocycles. The number of halogens is 2. The second kappa shape index (κ2) is 5.27. The lowest BCUT2D eigenvalue weighted by Gasteiger charge is -2.12. The first kappa shape index (κ1) is 12.7. The lowest BCUT2D eigenvalue weighted by molar-refractivity contribution is 0.416. The Morgan fingerprint density at radius 1 is 1.29 bits per heavy atom. The van der Waals surface area contributed by atoms with E-state index >= 15 is 0 Å². The Morgan fingerprint density at radius 3 is 2.71 bits per heavy atom.